The highest BCUT2D eigenvalue weighted by atomic mass is 16.5. The molecule has 2 rings (SSSR count). The summed E-state index contributed by atoms with van der Waals surface area (Å²) in [5, 5.41) is 13.0. The first kappa shape index (κ1) is 15.5. The molecule has 20 heavy (non-hydrogen) atoms. The second kappa shape index (κ2) is 7.76. The Kier molecular flexibility index (Phi) is 6.01. The Morgan fingerprint density at radius 1 is 1.50 bits per heavy atom. The predicted octanol–water partition coefficient (Wildman–Crippen LogP) is 2.03. The van der Waals surface area contributed by atoms with Crippen molar-refractivity contribution >= 4 is 0 Å². The van der Waals surface area contributed by atoms with Gasteiger partial charge in [-0.05, 0) is 25.7 Å². The van der Waals surface area contributed by atoms with Gasteiger partial charge in [0.25, 0.3) is 0 Å². The van der Waals surface area contributed by atoms with E-state index in [0.717, 1.165) is 12.2 Å². The van der Waals surface area contributed by atoms with Gasteiger partial charge in [0.15, 0.2) is 0 Å². The quantitative estimate of drug-likeness (QED) is 0.801. The van der Waals surface area contributed by atoms with Gasteiger partial charge in [0.05, 0.1) is 31.6 Å². The molecule has 0 aromatic carbocycles. The van der Waals surface area contributed by atoms with Gasteiger partial charge in [-0.15, -0.1) is 0 Å². The lowest BCUT2D eigenvalue weighted by atomic mass is 9.88. The second-order valence-corrected chi connectivity index (χ2v) is 5.78. The number of oxazole rings is 1. The van der Waals surface area contributed by atoms with E-state index < -0.39 is 6.10 Å². The highest BCUT2D eigenvalue weighted by molar-refractivity contribution is 4.90. The van der Waals surface area contributed by atoms with Crippen LogP contribution in [0.4, 0.5) is 0 Å². The number of rotatable bonds is 7. The number of nitrogens with zero attached hydrogens (tertiary/aromatic N) is 1. The second-order valence-electron chi connectivity index (χ2n) is 5.78. The maximum Gasteiger partial charge on any atom is 0.208 e. The Morgan fingerprint density at radius 3 is 3.00 bits per heavy atom. The highest BCUT2D eigenvalue weighted by Crippen LogP contribution is 2.26. The van der Waals surface area contributed by atoms with Crippen LogP contribution in [0.15, 0.2) is 10.6 Å². The lowest BCUT2D eigenvalue weighted by molar-refractivity contribution is -0.0452. The summed E-state index contributed by atoms with van der Waals surface area (Å²) in [6, 6.07) is 0. The van der Waals surface area contributed by atoms with E-state index in [-0.39, 0.29) is 0 Å². The van der Waals surface area contributed by atoms with Crippen molar-refractivity contribution in [2.24, 2.45) is 5.92 Å². The Hall–Kier alpha value is -0.910. The summed E-state index contributed by atoms with van der Waals surface area (Å²) in [5.41, 5.74) is 0. The molecule has 0 saturated heterocycles. The first-order valence-corrected chi connectivity index (χ1v) is 7.57. The molecule has 0 aliphatic heterocycles. The summed E-state index contributed by atoms with van der Waals surface area (Å²) < 4.78 is 11.2. The summed E-state index contributed by atoms with van der Waals surface area (Å²) in [6.45, 7) is 5.52. The Balaban J connectivity index is 1.59. The molecule has 0 bridgehead atoms. The van der Waals surface area contributed by atoms with E-state index in [1.807, 2.05) is 6.92 Å². The van der Waals surface area contributed by atoms with Gasteiger partial charge in [-0.1, -0.05) is 19.8 Å². The van der Waals surface area contributed by atoms with Gasteiger partial charge in [0.1, 0.15) is 5.76 Å². The fraction of sp³-hybridized carbons (Fsp3) is 0.800. The van der Waals surface area contributed by atoms with Crippen LogP contribution in [-0.2, 0) is 11.3 Å². The molecule has 1 aliphatic carbocycles. The van der Waals surface area contributed by atoms with Crippen molar-refractivity contribution in [1.29, 1.82) is 0 Å². The fourth-order valence-electron chi connectivity index (χ4n) is 2.65. The topological polar surface area (TPSA) is 67.5 Å². The third kappa shape index (κ3) is 4.89. The molecule has 114 valence electrons. The molecule has 1 saturated carbocycles. The van der Waals surface area contributed by atoms with Crippen LogP contribution in [0.3, 0.4) is 0 Å². The number of aromatic nitrogens is 1. The van der Waals surface area contributed by atoms with Crippen LogP contribution in [0.2, 0.25) is 0 Å². The van der Waals surface area contributed by atoms with Crippen LogP contribution in [0.5, 0.6) is 0 Å². The van der Waals surface area contributed by atoms with E-state index in [4.69, 9.17) is 9.15 Å². The van der Waals surface area contributed by atoms with Crippen LogP contribution in [0.25, 0.3) is 0 Å². The van der Waals surface area contributed by atoms with Crippen LogP contribution in [0, 0.1) is 12.8 Å². The zero-order valence-corrected chi connectivity index (χ0v) is 12.5. The Bertz CT molecular complexity index is 394. The van der Waals surface area contributed by atoms with Crippen LogP contribution >= 0.6 is 0 Å². The minimum Gasteiger partial charge on any atom is -0.445 e. The number of aliphatic hydroxyl groups is 1. The summed E-state index contributed by atoms with van der Waals surface area (Å²) in [4.78, 5) is 4.10. The molecule has 1 aromatic rings. The maximum absolute atomic E-state index is 9.91. The molecule has 2 N–H and O–H groups in total. The van der Waals surface area contributed by atoms with Gasteiger partial charge in [-0.25, -0.2) is 4.98 Å². The Labute approximate surface area is 120 Å². The number of ether oxygens (including phenoxy) is 1. The molecule has 5 heteroatoms. The van der Waals surface area contributed by atoms with Crippen LogP contribution in [-0.4, -0.2) is 35.5 Å². The van der Waals surface area contributed by atoms with Crippen molar-refractivity contribution in [3.05, 3.63) is 17.8 Å². The third-order valence-electron chi connectivity index (χ3n) is 3.86. The smallest absolute Gasteiger partial charge is 0.208 e. The van der Waals surface area contributed by atoms with Crippen molar-refractivity contribution in [3.63, 3.8) is 0 Å². The maximum atomic E-state index is 9.91. The van der Waals surface area contributed by atoms with E-state index >= 15 is 0 Å². The van der Waals surface area contributed by atoms with Crippen molar-refractivity contribution in [1.82, 2.24) is 10.3 Å². The number of hydrogen-bond donors (Lipinski definition) is 2. The number of aliphatic hydroxyl groups excluding tert-OH is 1. The first-order valence-electron chi connectivity index (χ1n) is 7.57. The van der Waals surface area contributed by atoms with Gasteiger partial charge < -0.3 is 19.6 Å². The molecule has 0 radical (unpaired) electrons. The normalized spacial score (nSPS) is 24.8. The van der Waals surface area contributed by atoms with Crippen molar-refractivity contribution < 1.29 is 14.3 Å². The van der Waals surface area contributed by atoms with E-state index in [0.29, 0.717) is 37.6 Å². The molecular weight excluding hydrogens is 256 g/mol. The van der Waals surface area contributed by atoms with Crippen LogP contribution in [0.1, 0.15) is 44.3 Å². The van der Waals surface area contributed by atoms with Crippen molar-refractivity contribution in [2.45, 2.75) is 58.3 Å². The average molecular weight is 282 g/mol. The van der Waals surface area contributed by atoms with Gasteiger partial charge in [0, 0.05) is 6.54 Å². The van der Waals surface area contributed by atoms with E-state index in [9.17, 15) is 5.11 Å². The third-order valence-corrected chi connectivity index (χ3v) is 3.86. The molecule has 3 unspecified atom stereocenters. The van der Waals surface area contributed by atoms with Gasteiger partial charge in [-0.2, -0.15) is 0 Å². The van der Waals surface area contributed by atoms with E-state index in [2.05, 4.69) is 17.2 Å². The average Bonchev–Trinajstić information content (AvgIpc) is 2.83. The number of aryl methyl sites for hydroxylation is 1. The van der Waals surface area contributed by atoms with E-state index in [1.54, 1.807) is 6.20 Å². The van der Waals surface area contributed by atoms with E-state index in [1.165, 1.54) is 19.3 Å². The lowest BCUT2D eigenvalue weighted by Crippen LogP contribution is -2.34. The number of hydrogen-bond acceptors (Lipinski definition) is 5. The standard InChI is InChI=1S/C15H26N2O3/c1-11-5-3-4-6-14(11)19-10-13(18)8-16-9-15-17-7-12(2)20-15/h7,11,13-14,16,18H,3-6,8-10H2,1-2H3. The molecule has 0 spiro atoms. The fourth-order valence-corrected chi connectivity index (χ4v) is 2.65. The van der Waals surface area contributed by atoms with Crippen LogP contribution < -0.4 is 5.32 Å². The molecule has 1 aromatic heterocycles. The van der Waals surface area contributed by atoms with Crippen molar-refractivity contribution in [3.8, 4) is 0 Å². The molecular formula is C15H26N2O3. The zero-order valence-electron chi connectivity index (χ0n) is 12.5. The molecule has 0 amide bonds. The summed E-state index contributed by atoms with van der Waals surface area (Å²) in [7, 11) is 0. The molecule has 1 aliphatic rings. The SMILES string of the molecule is Cc1cnc(CNCC(O)COC2CCCCC2C)o1. The predicted molar refractivity (Wildman–Crippen MR) is 76.3 cm³/mol. The summed E-state index contributed by atoms with van der Waals surface area (Å²) in [5.74, 6) is 2.06. The highest BCUT2D eigenvalue weighted by Gasteiger charge is 2.22. The monoisotopic (exact) mass is 282 g/mol. The molecule has 1 fully saturated rings. The summed E-state index contributed by atoms with van der Waals surface area (Å²) >= 11 is 0. The minimum atomic E-state index is -0.486. The molecule has 3 atom stereocenters. The minimum absolute atomic E-state index is 0.313. The lowest BCUT2D eigenvalue weighted by Gasteiger charge is -2.29. The Morgan fingerprint density at radius 2 is 2.30 bits per heavy atom. The largest absolute Gasteiger partial charge is 0.445 e. The van der Waals surface area contributed by atoms with Gasteiger partial charge in [-0.3, -0.25) is 0 Å². The first-order chi connectivity index (χ1) is 9.65. The zero-order chi connectivity index (χ0) is 14.4. The molecule has 5 nitrogen and oxygen atoms in total. The van der Waals surface area contributed by atoms with Crippen molar-refractivity contribution in [2.75, 3.05) is 13.2 Å². The van der Waals surface area contributed by atoms with Gasteiger partial charge in [0.2, 0.25) is 5.89 Å². The summed E-state index contributed by atoms with van der Waals surface area (Å²) in [6.07, 6.45) is 6.43. The molecule has 1 heterocycles. The van der Waals surface area contributed by atoms with Gasteiger partial charge >= 0.3 is 0 Å². The number of nitrogens with one attached hydrogen (secondary N) is 1.